The van der Waals surface area contributed by atoms with E-state index in [4.69, 9.17) is 0 Å². The summed E-state index contributed by atoms with van der Waals surface area (Å²) in [5, 5.41) is 7.12. The first-order valence-corrected chi connectivity index (χ1v) is 5.14. The molecule has 1 saturated carbocycles. The van der Waals surface area contributed by atoms with E-state index >= 15 is 0 Å². The minimum Gasteiger partial charge on any atom is -0.281 e. The zero-order valence-electron chi connectivity index (χ0n) is 6.31. The lowest BCUT2D eigenvalue weighted by molar-refractivity contribution is 0.690. The topological polar surface area (TPSA) is 28.7 Å². The average Bonchev–Trinajstić information content (AvgIpc) is 2.55. The third-order valence-corrected chi connectivity index (χ3v) is 3.24. The van der Waals surface area contributed by atoms with Gasteiger partial charge in [-0.2, -0.15) is 5.10 Å². The fraction of sp³-hybridized carbons (Fsp3) is 0.625. The fourth-order valence-electron chi connectivity index (χ4n) is 1.78. The molecule has 1 fully saturated rings. The van der Waals surface area contributed by atoms with Crippen LogP contribution in [0.4, 0.5) is 0 Å². The summed E-state index contributed by atoms with van der Waals surface area (Å²) in [7, 11) is 0. The first-order chi connectivity index (χ1) is 5.38. The van der Waals surface area contributed by atoms with Crippen LogP contribution < -0.4 is 0 Å². The number of hydrogen-bond acceptors (Lipinski definition) is 1. The molecule has 1 N–H and O–H groups in total. The Bertz CT molecular complexity index is 238. The van der Waals surface area contributed by atoms with Crippen molar-refractivity contribution in [2.24, 2.45) is 0 Å². The second-order valence-electron chi connectivity index (χ2n) is 3.11. The number of nitrogens with zero attached hydrogens (tertiary/aromatic N) is 1. The van der Waals surface area contributed by atoms with Crippen LogP contribution in [0.2, 0.25) is 0 Å². The Hall–Kier alpha value is -0.0600. The van der Waals surface area contributed by atoms with Gasteiger partial charge in [0.25, 0.3) is 0 Å². The number of aromatic nitrogens is 2. The molecule has 1 aromatic rings. The number of hydrogen-bond donors (Lipinski definition) is 1. The van der Waals surface area contributed by atoms with Gasteiger partial charge in [-0.3, -0.25) is 5.10 Å². The first-order valence-electron chi connectivity index (χ1n) is 4.06. The SMILES string of the molecule is Ic1cn[nH]c1C1CCCC1. The summed E-state index contributed by atoms with van der Waals surface area (Å²) in [6, 6.07) is 0. The molecule has 1 aromatic heterocycles. The predicted molar refractivity (Wildman–Crippen MR) is 52.5 cm³/mol. The summed E-state index contributed by atoms with van der Waals surface area (Å²) in [5.74, 6) is 0.768. The van der Waals surface area contributed by atoms with Gasteiger partial charge in [0.2, 0.25) is 0 Å². The Morgan fingerprint density at radius 2 is 2.18 bits per heavy atom. The molecule has 0 aliphatic heterocycles. The third-order valence-electron chi connectivity index (χ3n) is 2.38. The van der Waals surface area contributed by atoms with E-state index in [1.807, 2.05) is 6.20 Å². The van der Waals surface area contributed by atoms with Crippen LogP contribution in [0.15, 0.2) is 6.20 Å². The van der Waals surface area contributed by atoms with Gasteiger partial charge in [-0.1, -0.05) is 12.8 Å². The molecule has 60 valence electrons. The largest absolute Gasteiger partial charge is 0.281 e. The summed E-state index contributed by atoms with van der Waals surface area (Å²) in [6.45, 7) is 0. The summed E-state index contributed by atoms with van der Waals surface area (Å²) in [5.41, 5.74) is 1.36. The lowest BCUT2D eigenvalue weighted by atomic mass is 10.1. The van der Waals surface area contributed by atoms with Crippen molar-refractivity contribution in [2.45, 2.75) is 31.6 Å². The molecule has 1 aliphatic rings. The van der Waals surface area contributed by atoms with E-state index < -0.39 is 0 Å². The highest BCUT2D eigenvalue weighted by Crippen LogP contribution is 2.34. The maximum Gasteiger partial charge on any atom is 0.0624 e. The molecule has 0 unspecified atom stereocenters. The molecule has 0 bridgehead atoms. The van der Waals surface area contributed by atoms with Gasteiger partial charge in [-0.05, 0) is 35.4 Å². The normalized spacial score (nSPS) is 19.4. The summed E-state index contributed by atoms with van der Waals surface area (Å²) < 4.78 is 1.30. The molecule has 0 aromatic carbocycles. The van der Waals surface area contributed by atoms with Crippen molar-refractivity contribution in [2.75, 3.05) is 0 Å². The van der Waals surface area contributed by atoms with E-state index in [-0.39, 0.29) is 0 Å². The Morgan fingerprint density at radius 3 is 2.73 bits per heavy atom. The Balaban J connectivity index is 2.21. The maximum absolute atomic E-state index is 4.03. The smallest absolute Gasteiger partial charge is 0.0624 e. The van der Waals surface area contributed by atoms with Crippen molar-refractivity contribution in [1.29, 1.82) is 0 Å². The van der Waals surface area contributed by atoms with E-state index in [0.717, 1.165) is 5.92 Å². The molecule has 1 aliphatic carbocycles. The predicted octanol–water partition coefficient (Wildman–Crippen LogP) is 2.67. The standard InChI is InChI=1S/C8H11IN2/c9-7-5-10-11-8(7)6-3-1-2-4-6/h5-6H,1-4H2,(H,10,11). The Labute approximate surface area is 79.9 Å². The molecule has 0 amide bonds. The number of H-pyrrole nitrogens is 1. The zero-order valence-corrected chi connectivity index (χ0v) is 8.47. The van der Waals surface area contributed by atoms with E-state index in [0.29, 0.717) is 0 Å². The Kier molecular flexibility index (Phi) is 2.16. The van der Waals surface area contributed by atoms with Crippen molar-refractivity contribution in [3.05, 3.63) is 15.5 Å². The van der Waals surface area contributed by atoms with Crippen molar-refractivity contribution < 1.29 is 0 Å². The molecule has 0 saturated heterocycles. The van der Waals surface area contributed by atoms with E-state index in [2.05, 4.69) is 32.8 Å². The minimum absolute atomic E-state index is 0.768. The molecule has 3 heteroatoms. The lowest BCUT2D eigenvalue weighted by Gasteiger charge is -2.05. The van der Waals surface area contributed by atoms with Gasteiger partial charge < -0.3 is 0 Å². The molecule has 0 radical (unpaired) electrons. The molecular formula is C8H11IN2. The highest BCUT2D eigenvalue weighted by Gasteiger charge is 2.20. The van der Waals surface area contributed by atoms with Crippen molar-refractivity contribution in [3.8, 4) is 0 Å². The molecule has 2 rings (SSSR count). The van der Waals surface area contributed by atoms with Gasteiger partial charge >= 0.3 is 0 Å². The highest BCUT2D eigenvalue weighted by molar-refractivity contribution is 14.1. The number of halogens is 1. The lowest BCUT2D eigenvalue weighted by Crippen LogP contribution is -1.94. The minimum atomic E-state index is 0.768. The van der Waals surface area contributed by atoms with E-state index in [1.54, 1.807) is 0 Å². The van der Waals surface area contributed by atoms with Crippen LogP contribution in [0.25, 0.3) is 0 Å². The van der Waals surface area contributed by atoms with Crippen LogP contribution in [0.5, 0.6) is 0 Å². The highest BCUT2D eigenvalue weighted by atomic mass is 127. The molecule has 0 atom stereocenters. The molecular weight excluding hydrogens is 251 g/mol. The van der Waals surface area contributed by atoms with Gasteiger partial charge in [0.1, 0.15) is 0 Å². The quantitative estimate of drug-likeness (QED) is 0.774. The Morgan fingerprint density at radius 1 is 1.45 bits per heavy atom. The summed E-state index contributed by atoms with van der Waals surface area (Å²) in [6.07, 6.45) is 7.38. The zero-order chi connectivity index (χ0) is 7.68. The molecule has 1 heterocycles. The second kappa shape index (κ2) is 3.13. The van der Waals surface area contributed by atoms with Crippen LogP contribution >= 0.6 is 22.6 Å². The van der Waals surface area contributed by atoms with Gasteiger partial charge in [0, 0.05) is 5.92 Å². The van der Waals surface area contributed by atoms with Gasteiger partial charge in [-0.25, -0.2) is 0 Å². The number of nitrogens with one attached hydrogen (secondary N) is 1. The number of rotatable bonds is 1. The fourth-order valence-corrected chi connectivity index (χ4v) is 2.48. The second-order valence-corrected chi connectivity index (χ2v) is 4.28. The molecule has 0 spiro atoms. The molecule has 2 nitrogen and oxygen atoms in total. The van der Waals surface area contributed by atoms with E-state index in [9.17, 15) is 0 Å². The van der Waals surface area contributed by atoms with Crippen LogP contribution in [-0.4, -0.2) is 10.2 Å². The van der Waals surface area contributed by atoms with Gasteiger partial charge in [0.15, 0.2) is 0 Å². The first kappa shape index (κ1) is 7.58. The summed E-state index contributed by atoms with van der Waals surface area (Å²) in [4.78, 5) is 0. The third kappa shape index (κ3) is 1.43. The van der Waals surface area contributed by atoms with Crippen molar-refractivity contribution in [3.63, 3.8) is 0 Å². The van der Waals surface area contributed by atoms with Crippen LogP contribution in [0, 0.1) is 3.57 Å². The maximum atomic E-state index is 4.03. The van der Waals surface area contributed by atoms with Crippen LogP contribution in [0.1, 0.15) is 37.3 Å². The number of aromatic amines is 1. The van der Waals surface area contributed by atoms with Gasteiger partial charge in [-0.15, -0.1) is 0 Å². The van der Waals surface area contributed by atoms with Crippen molar-refractivity contribution in [1.82, 2.24) is 10.2 Å². The average molecular weight is 262 g/mol. The van der Waals surface area contributed by atoms with Gasteiger partial charge in [0.05, 0.1) is 15.5 Å². The monoisotopic (exact) mass is 262 g/mol. The molecule has 11 heavy (non-hydrogen) atoms. The summed E-state index contributed by atoms with van der Waals surface area (Å²) >= 11 is 2.35. The van der Waals surface area contributed by atoms with Crippen molar-refractivity contribution >= 4 is 22.6 Å². The van der Waals surface area contributed by atoms with Crippen LogP contribution in [0.3, 0.4) is 0 Å². The van der Waals surface area contributed by atoms with E-state index in [1.165, 1.54) is 34.9 Å². The van der Waals surface area contributed by atoms with Crippen LogP contribution in [-0.2, 0) is 0 Å².